The Morgan fingerprint density at radius 3 is 2.53 bits per heavy atom. The van der Waals surface area contributed by atoms with Gasteiger partial charge in [-0.15, -0.1) is 0 Å². The van der Waals surface area contributed by atoms with Gasteiger partial charge in [-0.2, -0.15) is 0 Å². The number of anilines is 1. The Hall–Kier alpha value is -3.28. The molecule has 0 aliphatic rings. The zero-order valence-corrected chi connectivity index (χ0v) is 20.6. The summed E-state index contributed by atoms with van der Waals surface area (Å²) in [6.07, 6.45) is 3.10. The molecule has 0 fully saturated rings. The highest BCUT2D eigenvalue weighted by molar-refractivity contribution is 6.36. The molecule has 1 amide bonds. The Morgan fingerprint density at radius 2 is 1.85 bits per heavy atom. The summed E-state index contributed by atoms with van der Waals surface area (Å²) in [5.74, 6) is -0.165. The number of fused-ring (bicyclic) bond motifs is 1. The number of hydrogen-bond acceptors (Lipinski definition) is 3. The molecule has 1 N–H and O–H groups in total. The van der Waals surface area contributed by atoms with Crippen molar-refractivity contribution in [1.82, 2.24) is 0 Å². The van der Waals surface area contributed by atoms with Gasteiger partial charge in [0.1, 0.15) is 17.1 Å². The fraction of sp³-hybridized carbons (Fsp3) is 0.148. The van der Waals surface area contributed by atoms with Gasteiger partial charge in [0.25, 0.3) is 0 Å². The van der Waals surface area contributed by atoms with Crippen LogP contribution >= 0.6 is 23.2 Å². The van der Waals surface area contributed by atoms with E-state index in [0.717, 1.165) is 27.6 Å². The number of furan rings is 1. The summed E-state index contributed by atoms with van der Waals surface area (Å²) in [6, 6.07) is 11.8. The maximum atomic E-state index is 13.8. The lowest BCUT2D eigenvalue weighted by Gasteiger charge is -2.13. The van der Waals surface area contributed by atoms with E-state index in [1.807, 2.05) is 26.0 Å². The van der Waals surface area contributed by atoms with Crippen molar-refractivity contribution in [2.75, 3.05) is 12.4 Å². The normalized spacial score (nSPS) is 11.7. The van der Waals surface area contributed by atoms with E-state index in [-0.39, 0.29) is 11.7 Å². The van der Waals surface area contributed by atoms with Gasteiger partial charge >= 0.3 is 0 Å². The quantitative estimate of drug-likeness (QED) is 0.282. The van der Waals surface area contributed by atoms with Crippen LogP contribution in [0.4, 0.5) is 10.1 Å². The molecule has 4 aromatic rings. The molecule has 1 heterocycles. The first-order valence-corrected chi connectivity index (χ1v) is 11.2. The molecular formula is C27H22Cl2FNO3. The van der Waals surface area contributed by atoms with E-state index in [4.69, 9.17) is 32.4 Å². The molecule has 0 radical (unpaired) electrons. The molecule has 0 saturated heterocycles. The Bertz CT molecular complexity index is 1460. The number of hydrogen-bond donors (Lipinski definition) is 1. The highest BCUT2D eigenvalue weighted by Crippen LogP contribution is 2.42. The van der Waals surface area contributed by atoms with Crippen molar-refractivity contribution in [3.8, 4) is 16.9 Å². The van der Waals surface area contributed by atoms with Gasteiger partial charge in [-0.05, 0) is 62.2 Å². The van der Waals surface area contributed by atoms with Gasteiger partial charge in [0.15, 0.2) is 0 Å². The second-order valence-electron chi connectivity index (χ2n) is 8.01. The summed E-state index contributed by atoms with van der Waals surface area (Å²) in [6.45, 7) is 5.37. The molecule has 1 aromatic heterocycles. The van der Waals surface area contributed by atoms with E-state index >= 15 is 0 Å². The Morgan fingerprint density at radius 1 is 1.09 bits per heavy atom. The van der Waals surface area contributed by atoms with Crippen LogP contribution in [0.2, 0.25) is 10.0 Å². The van der Waals surface area contributed by atoms with Gasteiger partial charge in [0, 0.05) is 44.4 Å². The van der Waals surface area contributed by atoms with Gasteiger partial charge in [-0.25, -0.2) is 4.39 Å². The molecule has 3 aromatic carbocycles. The topological polar surface area (TPSA) is 51.5 Å². The van der Waals surface area contributed by atoms with Crippen LogP contribution in [0, 0.1) is 19.7 Å². The van der Waals surface area contributed by atoms with Crippen molar-refractivity contribution in [2.24, 2.45) is 0 Å². The van der Waals surface area contributed by atoms with Crippen LogP contribution in [0.25, 0.3) is 27.7 Å². The van der Waals surface area contributed by atoms with Crippen molar-refractivity contribution in [2.45, 2.75) is 20.8 Å². The summed E-state index contributed by atoms with van der Waals surface area (Å²) >= 11 is 12.5. The van der Waals surface area contributed by atoms with Crippen molar-refractivity contribution < 1.29 is 18.3 Å². The van der Waals surface area contributed by atoms with E-state index in [2.05, 4.69) is 5.32 Å². The Balaban J connectivity index is 1.77. The molecule has 0 aliphatic carbocycles. The molecule has 174 valence electrons. The molecule has 7 heteroatoms. The minimum absolute atomic E-state index is 0.380. The maximum Gasteiger partial charge on any atom is 0.248 e. The minimum atomic E-state index is -0.381. The third-order valence-corrected chi connectivity index (χ3v) is 6.23. The average Bonchev–Trinajstić information content (AvgIpc) is 3.20. The van der Waals surface area contributed by atoms with E-state index in [1.54, 1.807) is 44.6 Å². The first kappa shape index (κ1) is 23.9. The molecular weight excluding hydrogens is 476 g/mol. The van der Waals surface area contributed by atoms with Gasteiger partial charge in [0.05, 0.1) is 18.4 Å². The SMILES string of the molecule is COc1c(/C(C)=C/C(=O)Nc2ccc(C)c(F)c2)cc2c(-c3ccc(Cl)cc3Cl)coc2c1C. The number of nitrogens with one attached hydrogen (secondary N) is 1. The second kappa shape index (κ2) is 9.53. The molecule has 34 heavy (non-hydrogen) atoms. The van der Waals surface area contributed by atoms with Crippen LogP contribution in [0.5, 0.6) is 5.75 Å². The maximum absolute atomic E-state index is 13.8. The highest BCUT2D eigenvalue weighted by atomic mass is 35.5. The largest absolute Gasteiger partial charge is 0.496 e. The van der Waals surface area contributed by atoms with Crippen LogP contribution < -0.4 is 10.1 Å². The van der Waals surface area contributed by atoms with E-state index in [1.165, 1.54) is 12.1 Å². The first-order valence-electron chi connectivity index (χ1n) is 10.5. The number of carbonyl (C=O) groups is 1. The summed E-state index contributed by atoms with van der Waals surface area (Å²) in [4.78, 5) is 12.7. The number of aryl methyl sites for hydroxylation is 2. The number of rotatable bonds is 5. The Kier molecular flexibility index (Phi) is 6.69. The molecule has 0 bridgehead atoms. The highest BCUT2D eigenvalue weighted by Gasteiger charge is 2.20. The molecule has 0 atom stereocenters. The number of amides is 1. The number of ether oxygens (including phenoxy) is 1. The molecule has 4 rings (SSSR count). The number of methoxy groups -OCH3 is 1. The monoisotopic (exact) mass is 497 g/mol. The lowest BCUT2D eigenvalue weighted by Crippen LogP contribution is -2.09. The van der Waals surface area contributed by atoms with Crippen molar-refractivity contribution >= 4 is 51.3 Å². The van der Waals surface area contributed by atoms with Crippen LogP contribution in [0.15, 0.2) is 59.2 Å². The Labute approximate surface area is 206 Å². The zero-order chi connectivity index (χ0) is 24.6. The molecule has 0 aliphatic heterocycles. The third-order valence-electron chi connectivity index (χ3n) is 5.68. The standard InChI is InChI=1S/C27H22Cl2FNO3/c1-14-5-7-18(11-24(14)30)31-25(32)9-15(2)20-12-21-22(19-8-6-17(28)10-23(19)29)13-34-27(21)16(3)26(20)33-4/h5-13H,1-4H3,(H,31,32)/b15-9+. The van der Waals surface area contributed by atoms with Crippen molar-refractivity contribution in [3.05, 3.63) is 87.4 Å². The summed E-state index contributed by atoms with van der Waals surface area (Å²) < 4.78 is 25.4. The third kappa shape index (κ3) is 4.54. The molecule has 4 nitrogen and oxygen atoms in total. The number of carbonyl (C=O) groups excluding carboxylic acids is 1. The predicted molar refractivity (Wildman–Crippen MR) is 136 cm³/mol. The van der Waals surface area contributed by atoms with Gasteiger partial charge in [-0.1, -0.05) is 35.3 Å². The summed E-state index contributed by atoms with van der Waals surface area (Å²) in [5.41, 5.74) is 5.32. The lowest BCUT2D eigenvalue weighted by atomic mass is 9.96. The smallest absolute Gasteiger partial charge is 0.248 e. The first-order chi connectivity index (χ1) is 16.2. The minimum Gasteiger partial charge on any atom is -0.496 e. The number of halogens is 3. The lowest BCUT2D eigenvalue weighted by molar-refractivity contribution is -0.111. The second-order valence-corrected chi connectivity index (χ2v) is 8.86. The van der Waals surface area contributed by atoms with Crippen LogP contribution in [-0.2, 0) is 4.79 Å². The average molecular weight is 498 g/mol. The van der Waals surface area contributed by atoms with Crippen LogP contribution in [0.1, 0.15) is 23.6 Å². The molecule has 0 spiro atoms. The van der Waals surface area contributed by atoms with Gasteiger partial charge in [-0.3, -0.25) is 4.79 Å². The molecule has 0 saturated carbocycles. The van der Waals surface area contributed by atoms with E-state index in [9.17, 15) is 9.18 Å². The predicted octanol–water partition coefficient (Wildman–Crippen LogP) is 8.21. The van der Waals surface area contributed by atoms with Crippen molar-refractivity contribution in [3.63, 3.8) is 0 Å². The number of allylic oxidation sites excluding steroid dienone is 1. The zero-order valence-electron chi connectivity index (χ0n) is 19.1. The number of benzene rings is 3. The van der Waals surface area contributed by atoms with Gasteiger partial charge < -0.3 is 14.5 Å². The molecule has 0 unspecified atom stereocenters. The summed E-state index contributed by atoms with van der Waals surface area (Å²) in [5, 5.41) is 4.57. The fourth-order valence-electron chi connectivity index (χ4n) is 3.91. The van der Waals surface area contributed by atoms with Crippen LogP contribution in [-0.4, -0.2) is 13.0 Å². The fourth-order valence-corrected chi connectivity index (χ4v) is 4.42. The summed E-state index contributed by atoms with van der Waals surface area (Å²) in [7, 11) is 1.57. The van der Waals surface area contributed by atoms with Crippen molar-refractivity contribution in [1.29, 1.82) is 0 Å². The van der Waals surface area contributed by atoms with E-state index < -0.39 is 0 Å². The van der Waals surface area contributed by atoms with Gasteiger partial charge in [0.2, 0.25) is 5.91 Å². The van der Waals surface area contributed by atoms with E-state index in [0.29, 0.717) is 38.2 Å². The van der Waals surface area contributed by atoms with Crippen LogP contribution in [0.3, 0.4) is 0 Å².